The Morgan fingerprint density at radius 2 is 2.14 bits per heavy atom. The van der Waals surface area contributed by atoms with Gasteiger partial charge < -0.3 is 11.1 Å². The fourth-order valence-corrected chi connectivity index (χ4v) is 3.68. The minimum absolute atomic E-state index is 0.241. The van der Waals surface area contributed by atoms with Crippen LogP contribution in [0.15, 0.2) is 30.3 Å². The molecule has 0 spiro atoms. The van der Waals surface area contributed by atoms with E-state index in [1.165, 1.54) is 22.9 Å². The molecule has 106 valence electrons. The summed E-state index contributed by atoms with van der Waals surface area (Å²) >= 11 is 7.55. The zero-order valence-electron chi connectivity index (χ0n) is 11.1. The first kappa shape index (κ1) is 12.9. The van der Waals surface area contributed by atoms with Gasteiger partial charge in [0.05, 0.1) is 28.5 Å². The van der Waals surface area contributed by atoms with Crippen LogP contribution in [-0.2, 0) is 6.42 Å². The molecule has 1 atom stereocenters. The van der Waals surface area contributed by atoms with Crippen molar-refractivity contribution in [3.05, 3.63) is 46.5 Å². The van der Waals surface area contributed by atoms with Crippen molar-refractivity contribution in [3.8, 4) is 0 Å². The van der Waals surface area contributed by atoms with Crippen LogP contribution in [0.3, 0.4) is 0 Å². The molecule has 6 heteroatoms. The Balaban J connectivity index is 1.74. The van der Waals surface area contributed by atoms with Crippen molar-refractivity contribution in [2.75, 3.05) is 11.1 Å². The van der Waals surface area contributed by atoms with E-state index in [0.29, 0.717) is 5.02 Å². The number of nitrogen functional groups attached to an aromatic ring is 1. The van der Waals surface area contributed by atoms with Crippen molar-refractivity contribution in [3.63, 3.8) is 0 Å². The number of halogens is 1. The van der Waals surface area contributed by atoms with E-state index in [2.05, 4.69) is 26.2 Å². The van der Waals surface area contributed by atoms with Crippen LogP contribution in [0, 0.1) is 0 Å². The number of aromatic nitrogens is 2. The molecule has 0 bridgehead atoms. The zero-order chi connectivity index (χ0) is 14.4. The van der Waals surface area contributed by atoms with E-state index in [-0.39, 0.29) is 6.04 Å². The fourth-order valence-electron chi connectivity index (χ4n) is 2.93. The number of benzene rings is 2. The number of anilines is 2. The summed E-state index contributed by atoms with van der Waals surface area (Å²) in [7, 11) is 0. The molecule has 0 saturated heterocycles. The lowest BCUT2D eigenvalue weighted by atomic mass is 10.1. The van der Waals surface area contributed by atoms with Gasteiger partial charge in [0.2, 0.25) is 0 Å². The van der Waals surface area contributed by atoms with Crippen molar-refractivity contribution in [1.82, 2.24) is 8.75 Å². The molecule has 3 aromatic rings. The normalized spacial score (nSPS) is 17.1. The van der Waals surface area contributed by atoms with Crippen LogP contribution in [-0.4, -0.2) is 8.75 Å². The average molecular weight is 317 g/mol. The quantitative estimate of drug-likeness (QED) is 0.701. The van der Waals surface area contributed by atoms with Gasteiger partial charge >= 0.3 is 0 Å². The molecule has 1 unspecified atom stereocenters. The first-order chi connectivity index (χ1) is 10.2. The first-order valence-electron chi connectivity index (χ1n) is 6.78. The monoisotopic (exact) mass is 316 g/mol. The van der Waals surface area contributed by atoms with Crippen LogP contribution in [0.25, 0.3) is 11.0 Å². The van der Waals surface area contributed by atoms with Gasteiger partial charge in [-0.05, 0) is 48.2 Å². The molecule has 21 heavy (non-hydrogen) atoms. The van der Waals surface area contributed by atoms with E-state index in [1.807, 2.05) is 18.2 Å². The summed E-state index contributed by atoms with van der Waals surface area (Å²) in [5.74, 6) is 0. The molecule has 0 fully saturated rings. The standard InChI is InChI=1S/C15H13ClN4S/c16-11-4-6-13-15(20-21-19-13)14(11)18-12-5-1-8-7-9(17)2-3-10(8)12/h2-4,6-7,12,18H,1,5,17H2. The number of aryl methyl sites for hydroxylation is 1. The van der Waals surface area contributed by atoms with Gasteiger partial charge in [0.25, 0.3) is 0 Å². The Labute approximate surface area is 131 Å². The average Bonchev–Trinajstić information content (AvgIpc) is 3.08. The maximum absolute atomic E-state index is 6.35. The lowest BCUT2D eigenvalue weighted by Crippen LogP contribution is -2.08. The molecular formula is C15H13ClN4S. The predicted molar refractivity (Wildman–Crippen MR) is 88.0 cm³/mol. The summed E-state index contributed by atoms with van der Waals surface area (Å²) in [6.07, 6.45) is 2.06. The second kappa shape index (κ2) is 4.86. The number of nitrogens with two attached hydrogens (primary N) is 1. The van der Waals surface area contributed by atoms with E-state index in [4.69, 9.17) is 17.3 Å². The van der Waals surface area contributed by atoms with Crippen molar-refractivity contribution in [2.24, 2.45) is 0 Å². The van der Waals surface area contributed by atoms with E-state index in [0.717, 1.165) is 35.2 Å². The highest BCUT2D eigenvalue weighted by molar-refractivity contribution is 7.00. The van der Waals surface area contributed by atoms with Gasteiger partial charge in [-0.3, -0.25) is 0 Å². The van der Waals surface area contributed by atoms with Crippen LogP contribution in [0.1, 0.15) is 23.6 Å². The number of hydrogen-bond acceptors (Lipinski definition) is 5. The van der Waals surface area contributed by atoms with Crippen LogP contribution in [0.2, 0.25) is 5.02 Å². The topological polar surface area (TPSA) is 63.8 Å². The maximum Gasteiger partial charge on any atom is 0.129 e. The van der Waals surface area contributed by atoms with Gasteiger partial charge in [-0.1, -0.05) is 17.7 Å². The second-order valence-electron chi connectivity index (χ2n) is 5.25. The van der Waals surface area contributed by atoms with Crippen molar-refractivity contribution in [1.29, 1.82) is 0 Å². The molecule has 3 N–H and O–H groups in total. The minimum atomic E-state index is 0.241. The number of fused-ring (bicyclic) bond motifs is 2. The van der Waals surface area contributed by atoms with E-state index in [9.17, 15) is 0 Å². The summed E-state index contributed by atoms with van der Waals surface area (Å²) in [6.45, 7) is 0. The van der Waals surface area contributed by atoms with Crippen LogP contribution < -0.4 is 11.1 Å². The molecule has 0 aliphatic heterocycles. The number of nitrogens with one attached hydrogen (secondary N) is 1. The third-order valence-electron chi connectivity index (χ3n) is 3.94. The van der Waals surface area contributed by atoms with Crippen molar-refractivity contribution >= 4 is 45.7 Å². The number of nitrogens with zero attached hydrogens (tertiary/aromatic N) is 2. The summed E-state index contributed by atoms with van der Waals surface area (Å²) in [4.78, 5) is 0. The highest BCUT2D eigenvalue weighted by Gasteiger charge is 2.24. The van der Waals surface area contributed by atoms with E-state index in [1.54, 1.807) is 0 Å². The lowest BCUT2D eigenvalue weighted by molar-refractivity contribution is 0.763. The van der Waals surface area contributed by atoms with Gasteiger partial charge in [-0.2, -0.15) is 8.75 Å². The Bertz CT molecular complexity index is 830. The third kappa shape index (κ3) is 2.13. The summed E-state index contributed by atoms with van der Waals surface area (Å²) in [6, 6.07) is 10.1. The van der Waals surface area contributed by atoms with Crippen molar-refractivity contribution < 1.29 is 0 Å². The summed E-state index contributed by atoms with van der Waals surface area (Å²) < 4.78 is 8.62. The molecule has 4 rings (SSSR count). The molecule has 1 heterocycles. The highest BCUT2D eigenvalue weighted by atomic mass is 35.5. The molecule has 4 nitrogen and oxygen atoms in total. The number of hydrogen-bond donors (Lipinski definition) is 2. The van der Waals surface area contributed by atoms with Crippen LogP contribution in [0.5, 0.6) is 0 Å². The second-order valence-corrected chi connectivity index (χ2v) is 6.18. The Hall–Kier alpha value is -1.85. The molecule has 2 aromatic carbocycles. The number of rotatable bonds is 2. The van der Waals surface area contributed by atoms with Crippen LogP contribution in [0.4, 0.5) is 11.4 Å². The molecule has 1 aromatic heterocycles. The first-order valence-corrected chi connectivity index (χ1v) is 7.89. The summed E-state index contributed by atoms with van der Waals surface area (Å²) in [5, 5.41) is 4.23. The molecule has 0 amide bonds. The van der Waals surface area contributed by atoms with E-state index < -0.39 is 0 Å². The van der Waals surface area contributed by atoms with E-state index >= 15 is 0 Å². The van der Waals surface area contributed by atoms with Gasteiger partial charge in [-0.25, -0.2) is 0 Å². The molecular weight excluding hydrogens is 304 g/mol. The Kier molecular flexibility index (Phi) is 2.97. The smallest absolute Gasteiger partial charge is 0.129 e. The summed E-state index contributed by atoms with van der Waals surface area (Å²) in [5.41, 5.74) is 11.9. The SMILES string of the molecule is Nc1ccc2c(c1)CCC2Nc1c(Cl)ccc2nsnc12. The molecule has 1 aliphatic rings. The largest absolute Gasteiger partial charge is 0.399 e. The Morgan fingerprint density at radius 1 is 1.24 bits per heavy atom. The van der Waals surface area contributed by atoms with Gasteiger partial charge in [0.1, 0.15) is 11.0 Å². The zero-order valence-corrected chi connectivity index (χ0v) is 12.7. The predicted octanol–water partition coefficient (Wildman–Crippen LogP) is 4.03. The molecule has 0 radical (unpaired) electrons. The molecule has 0 saturated carbocycles. The maximum atomic E-state index is 6.35. The molecule has 1 aliphatic carbocycles. The fraction of sp³-hybridized carbons (Fsp3) is 0.200. The van der Waals surface area contributed by atoms with Crippen LogP contribution >= 0.6 is 23.3 Å². The van der Waals surface area contributed by atoms with Gasteiger partial charge in [0, 0.05) is 5.69 Å². The van der Waals surface area contributed by atoms with Crippen molar-refractivity contribution in [2.45, 2.75) is 18.9 Å². The third-order valence-corrected chi connectivity index (χ3v) is 4.80. The lowest BCUT2D eigenvalue weighted by Gasteiger charge is -2.17. The highest BCUT2D eigenvalue weighted by Crippen LogP contribution is 2.38. The minimum Gasteiger partial charge on any atom is -0.399 e. The van der Waals surface area contributed by atoms with Gasteiger partial charge in [-0.15, -0.1) is 0 Å². The van der Waals surface area contributed by atoms with Gasteiger partial charge in [0.15, 0.2) is 0 Å². The Morgan fingerprint density at radius 3 is 3.05 bits per heavy atom.